The van der Waals surface area contributed by atoms with E-state index in [-0.39, 0.29) is 17.4 Å². The van der Waals surface area contributed by atoms with E-state index < -0.39 is 23.4 Å². The first-order chi connectivity index (χ1) is 12.6. The van der Waals surface area contributed by atoms with E-state index in [9.17, 15) is 19.2 Å². The van der Waals surface area contributed by atoms with Crippen molar-refractivity contribution in [2.24, 2.45) is 5.92 Å². The monoisotopic (exact) mass is 352 g/mol. The van der Waals surface area contributed by atoms with Gasteiger partial charge in [-0.25, -0.2) is 9.07 Å². The molecule has 7 heteroatoms. The smallest absolute Gasteiger partial charge is 0.245 e. The molecule has 1 N–H and O–H groups in total. The van der Waals surface area contributed by atoms with Crippen LogP contribution in [0.4, 0.5) is 4.39 Å². The topological polar surface area (TPSA) is 87.8 Å². The Balaban J connectivity index is 1.72. The number of nitrogens with one attached hydrogen (secondary N) is 1. The Morgan fingerprint density at radius 1 is 1.31 bits per heavy atom. The average Bonchev–Trinajstić information content (AvgIpc) is 3.18. The number of ketones is 1. The zero-order chi connectivity index (χ0) is 18.3. The lowest BCUT2D eigenvalue weighted by molar-refractivity contribution is -0.122. The summed E-state index contributed by atoms with van der Waals surface area (Å²) in [5.41, 5.74) is 1.87. The Hall–Kier alpha value is -3.01. The molecule has 1 aromatic heterocycles. The third-order valence-electron chi connectivity index (χ3n) is 4.82. The molecule has 1 fully saturated rings. The van der Waals surface area contributed by atoms with E-state index in [1.54, 1.807) is 24.3 Å². The Labute approximate surface area is 149 Å². The molecule has 2 aromatic rings. The molecule has 132 valence electrons. The van der Waals surface area contributed by atoms with Crippen molar-refractivity contribution in [1.29, 1.82) is 5.26 Å². The fourth-order valence-electron chi connectivity index (χ4n) is 3.34. The molecule has 0 bridgehead atoms. The summed E-state index contributed by atoms with van der Waals surface area (Å²) >= 11 is 0. The number of fused-ring (bicyclic) bond motifs is 1. The highest BCUT2D eigenvalue weighted by molar-refractivity contribution is 6.12. The van der Waals surface area contributed by atoms with Crippen LogP contribution < -0.4 is 5.32 Å². The van der Waals surface area contributed by atoms with Gasteiger partial charge in [0, 0.05) is 17.3 Å². The number of benzene rings is 1. The summed E-state index contributed by atoms with van der Waals surface area (Å²) in [5, 5.41) is 16.4. The summed E-state index contributed by atoms with van der Waals surface area (Å²) in [6.45, 7) is 0. The summed E-state index contributed by atoms with van der Waals surface area (Å²) in [7, 11) is 0. The summed E-state index contributed by atoms with van der Waals surface area (Å²) in [6.07, 6.45) is 3.88. The first-order valence-electron chi connectivity index (χ1n) is 8.70. The number of hydrogen-bond acceptors (Lipinski definition) is 4. The van der Waals surface area contributed by atoms with Gasteiger partial charge in [-0.1, -0.05) is 12.1 Å². The molecule has 0 radical (unpaired) electrons. The predicted octanol–water partition coefficient (Wildman–Crippen LogP) is 2.10. The van der Waals surface area contributed by atoms with E-state index in [4.69, 9.17) is 0 Å². The second-order valence-electron chi connectivity index (χ2n) is 6.70. The van der Waals surface area contributed by atoms with Crippen LogP contribution in [-0.4, -0.2) is 27.5 Å². The van der Waals surface area contributed by atoms with E-state index in [0.29, 0.717) is 12.8 Å². The van der Waals surface area contributed by atoms with Gasteiger partial charge in [0.15, 0.2) is 5.92 Å². The minimum atomic E-state index is -1.43. The van der Waals surface area contributed by atoms with Crippen molar-refractivity contribution >= 4 is 11.7 Å². The second kappa shape index (κ2) is 6.37. The van der Waals surface area contributed by atoms with Crippen LogP contribution in [0.15, 0.2) is 24.3 Å². The molecule has 0 spiro atoms. The minimum absolute atomic E-state index is 0.0628. The fourth-order valence-corrected chi connectivity index (χ4v) is 3.34. The molecule has 0 aliphatic heterocycles. The molecule has 2 aliphatic carbocycles. The first-order valence-corrected chi connectivity index (χ1v) is 8.70. The third kappa shape index (κ3) is 2.77. The third-order valence-corrected chi connectivity index (χ3v) is 4.82. The first kappa shape index (κ1) is 16.5. The molecule has 1 heterocycles. The highest BCUT2D eigenvalue weighted by atomic mass is 19.1. The quantitative estimate of drug-likeness (QED) is 0.659. The maximum absolute atomic E-state index is 14.2. The predicted molar refractivity (Wildman–Crippen MR) is 90.1 cm³/mol. The van der Waals surface area contributed by atoms with Crippen LogP contribution in [-0.2, 0) is 17.6 Å². The number of aromatic nitrogens is 2. The maximum atomic E-state index is 14.2. The minimum Gasteiger partial charge on any atom is -0.352 e. The van der Waals surface area contributed by atoms with Crippen LogP contribution in [0.5, 0.6) is 0 Å². The molecular weight excluding hydrogens is 335 g/mol. The zero-order valence-corrected chi connectivity index (χ0v) is 14.0. The van der Waals surface area contributed by atoms with Crippen molar-refractivity contribution in [1.82, 2.24) is 15.1 Å². The van der Waals surface area contributed by atoms with Gasteiger partial charge >= 0.3 is 0 Å². The standard InChI is InChI=1S/C19H17FN4O2/c20-14-5-1-2-6-16(14)24-15-7-3-4-12(15)17(23-24)18(25)13(10-21)19(26)22-11-8-9-11/h1-2,5-6,11,13H,3-4,7-9H2,(H,22,26)/t13-/m0/s1. The molecule has 6 nitrogen and oxygen atoms in total. The molecule has 2 aliphatic rings. The average molecular weight is 352 g/mol. The Kier molecular flexibility index (Phi) is 4.03. The van der Waals surface area contributed by atoms with Crippen molar-refractivity contribution in [3.63, 3.8) is 0 Å². The van der Waals surface area contributed by atoms with E-state index >= 15 is 0 Å². The lowest BCUT2D eigenvalue weighted by atomic mass is 9.99. The highest BCUT2D eigenvalue weighted by Gasteiger charge is 2.36. The Morgan fingerprint density at radius 3 is 2.77 bits per heavy atom. The number of hydrogen-bond donors (Lipinski definition) is 1. The number of para-hydroxylation sites is 1. The van der Waals surface area contributed by atoms with Crippen molar-refractivity contribution in [3.8, 4) is 11.8 Å². The van der Waals surface area contributed by atoms with Crippen LogP contribution in [0, 0.1) is 23.1 Å². The van der Waals surface area contributed by atoms with Crippen LogP contribution in [0.3, 0.4) is 0 Å². The Morgan fingerprint density at radius 2 is 2.08 bits per heavy atom. The van der Waals surface area contributed by atoms with Gasteiger partial charge in [-0.05, 0) is 44.2 Å². The SMILES string of the molecule is N#C[C@H](C(=O)NC1CC1)C(=O)c1nn(-c2ccccc2F)c2c1CCC2. The van der Waals surface area contributed by atoms with Crippen molar-refractivity contribution in [2.45, 2.75) is 38.1 Å². The number of Topliss-reactive ketones (excluding diaryl/α,β-unsaturated/α-hetero) is 1. The molecule has 26 heavy (non-hydrogen) atoms. The van der Waals surface area contributed by atoms with Crippen LogP contribution >= 0.6 is 0 Å². The van der Waals surface area contributed by atoms with E-state index in [1.165, 1.54) is 10.7 Å². The van der Waals surface area contributed by atoms with E-state index in [0.717, 1.165) is 30.5 Å². The van der Waals surface area contributed by atoms with Crippen LogP contribution in [0.2, 0.25) is 0 Å². The van der Waals surface area contributed by atoms with Crippen LogP contribution in [0.25, 0.3) is 5.69 Å². The van der Waals surface area contributed by atoms with Gasteiger partial charge in [0.2, 0.25) is 11.7 Å². The molecule has 0 saturated heterocycles. The summed E-state index contributed by atoms with van der Waals surface area (Å²) in [6, 6.07) is 8.08. The van der Waals surface area contributed by atoms with Crippen LogP contribution in [0.1, 0.15) is 41.0 Å². The van der Waals surface area contributed by atoms with Crippen molar-refractivity contribution in [2.75, 3.05) is 0 Å². The van der Waals surface area contributed by atoms with Gasteiger partial charge in [-0.15, -0.1) is 0 Å². The maximum Gasteiger partial charge on any atom is 0.245 e. The number of carbonyl (C=O) groups excluding carboxylic acids is 2. The highest BCUT2D eigenvalue weighted by Crippen LogP contribution is 2.30. The number of carbonyl (C=O) groups is 2. The number of nitrogens with zero attached hydrogens (tertiary/aromatic N) is 3. The van der Waals surface area contributed by atoms with Gasteiger partial charge in [0.05, 0.1) is 6.07 Å². The van der Waals surface area contributed by atoms with Gasteiger partial charge in [0.25, 0.3) is 0 Å². The zero-order valence-electron chi connectivity index (χ0n) is 14.0. The van der Waals surface area contributed by atoms with Gasteiger partial charge < -0.3 is 5.32 Å². The summed E-state index contributed by atoms with van der Waals surface area (Å²) < 4.78 is 15.6. The molecule has 1 saturated carbocycles. The number of halogens is 1. The molecule has 1 atom stereocenters. The number of amides is 1. The normalized spacial score (nSPS) is 16.6. The van der Waals surface area contributed by atoms with Gasteiger partial charge in [-0.3, -0.25) is 9.59 Å². The molecular formula is C19H17FN4O2. The van der Waals surface area contributed by atoms with Crippen molar-refractivity contribution < 1.29 is 14.0 Å². The molecule has 1 amide bonds. The number of nitriles is 1. The molecule has 4 rings (SSSR count). The Bertz CT molecular complexity index is 940. The molecule has 0 unspecified atom stereocenters. The lowest BCUT2D eigenvalue weighted by Gasteiger charge is -2.08. The summed E-state index contributed by atoms with van der Waals surface area (Å²) in [4.78, 5) is 25.1. The van der Waals surface area contributed by atoms with E-state index in [1.807, 2.05) is 0 Å². The van der Waals surface area contributed by atoms with Gasteiger partial charge in [0.1, 0.15) is 17.2 Å². The summed E-state index contributed by atoms with van der Waals surface area (Å²) in [5.74, 6) is -3.05. The number of rotatable bonds is 5. The largest absolute Gasteiger partial charge is 0.352 e. The molecule has 1 aromatic carbocycles. The lowest BCUT2D eigenvalue weighted by Crippen LogP contribution is -2.36. The van der Waals surface area contributed by atoms with E-state index in [2.05, 4.69) is 10.4 Å². The van der Waals surface area contributed by atoms with Gasteiger partial charge in [-0.2, -0.15) is 10.4 Å². The fraction of sp³-hybridized carbons (Fsp3) is 0.368. The van der Waals surface area contributed by atoms with Crippen molar-refractivity contribution in [3.05, 3.63) is 47.0 Å². The second-order valence-corrected chi connectivity index (χ2v) is 6.70.